The van der Waals surface area contributed by atoms with Gasteiger partial charge in [0, 0.05) is 29.5 Å². The van der Waals surface area contributed by atoms with E-state index in [0.717, 1.165) is 0 Å². The molecule has 0 atom stereocenters. The van der Waals surface area contributed by atoms with Gasteiger partial charge in [-0.15, -0.1) is 0 Å². The molecule has 16 heavy (non-hydrogen) atoms. The first-order valence-electron chi connectivity index (χ1n) is 4.33. The van der Waals surface area contributed by atoms with Gasteiger partial charge in [0.25, 0.3) is 0 Å². The fourth-order valence-electron chi connectivity index (χ4n) is 0.940. The quantitative estimate of drug-likeness (QED) is 0.283. The zero-order valence-electron chi connectivity index (χ0n) is 8.11. The molecule has 0 heterocycles. The zero-order valence-corrected chi connectivity index (χ0v) is 9.63. The van der Waals surface area contributed by atoms with Gasteiger partial charge in [0.1, 0.15) is 5.75 Å². The van der Waals surface area contributed by atoms with Crippen LogP contribution in [0.2, 0.25) is 10.0 Å². The van der Waals surface area contributed by atoms with Gasteiger partial charge < -0.3 is 5.11 Å². The van der Waals surface area contributed by atoms with Crippen molar-refractivity contribution < 1.29 is 5.11 Å². The molecule has 0 aromatic heterocycles. The maximum atomic E-state index is 9.25. The molecule has 1 rings (SSSR count). The number of phenols is 1. The summed E-state index contributed by atoms with van der Waals surface area (Å²) >= 11 is 11.5. The predicted octanol–water partition coefficient (Wildman–Crippen LogP) is 3.75. The van der Waals surface area contributed by atoms with E-state index in [9.17, 15) is 5.11 Å². The van der Waals surface area contributed by atoms with Crippen LogP contribution in [-0.2, 0) is 0 Å². The standard InChI is InChI=1S/C10H7Cl2N3O/c11-8-6-10(16)9(12)5-7(8)3-1-2-4-14-15-13/h5-6,16H,2,4H2. The van der Waals surface area contributed by atoms with Crippen molar-refractivity contribution in [3.8, 4) is 17.6 Å². The fraction of sp³-hybridized carbons (Fsp3) is 0.200. The first kappa shape index (κ1) is 12.5. The Kier molecular flexibility index (Phi) is 4.81. The molecule has 0 fully saturated rings. The maximum Gasteiger partial charge on any atom is 0.135 e. The van der Waals surface area contributed by atoms with E-state index in [-0.39, 0.29) is 10.8 Å². The van der Waals surface area contributed by atoms with Crippen molar-refractivity contribution in [2.75, 3.05) is 6.54 Å². The number of nitrogens with zero attached hydrogens (tertiary/aromatic N) is 3. The molecule has 0 aliphatic heterocycles. The summed E-state index contributed by atoms with van der Waals surface area (Å²) in [6.07, 6.45) is 0.443. The number of azide groups is 1. The maximum absolute atomic E-state index is 9.25. The van der Waals surface area contributed by atoms with E-state index in [1.54, 1.807) is 0 Å². The van der Waals surface area contributed by atoms with Crippen LogP contribution in [0.4, 0.5) is 0 Å². The van der Waals surface area contributed by atoms with Crippen molar-refractivity contribution in [1.29, 1.82) is 0 Å². The van der Waals surface area contributed by atoms with Gasteiger partial charge in [-0.2, -0.15) is 0 Å². The van der Waals surface area contributed by atoms with Crippen LogP contribution in [0.1, 0.15) is 12.0 Å². The summed E-state index contributed by atoms with van der Waals surface area (Å²) in [6.45, 7) is 0.312. The Labute approximate surface area is 102 Å². The minimum atomic E-state index is -0.0775. The van der Waals surface area contributed by atoms with Gasteiger partial charge in [0.2, 0.25) is 0 Å². The fourth-order valence-corrected chi connectivity index (χ4v) is 1.31. The van der Waals surface area contributed by atoms with E-state index in [1.165, 1.54) is 12.1 Å². The van der Waals surface area contributed by atoms with Gasteiger partial charge in [-0.25, -0.2) is 0 Å². The smallest absolute Gasteiger partial charge is 0.135 e. The SMILES string of the molecule is [N-]=[N+]=NCCC#Cc1cc(Cl)c(O)cc1Cl. The molecule has 0 amide bonds. The number of benzene rings is 1. The van der Waals surface area contributed by atoms with Crippen LogP contribution < -0.4 is 0 Å². The summed E-state index contributed by atoms with van der Waals surface area (Å²) < 4.78 is 0. The summed E-state index contributed by atoms with van der Waals surface area (Å²) in [5, 5.41) is 13.1. The lowest BCUT2D eigenvalue weighted by molar-refractivity contribution is 0.475. The monoisotopic (exact) mass is 255 g/mol. The van der Waals surface area contributed by atoms with Crippen LogP contribution in [0, 0.1) is 11.8 Å². The van der Waals surface area contributed by atoms with Crippen LogP contribution in [0.5, 0.6) is 5.75 Å². The summed E-state index contributed by atoms with van der Waals surface area (Å²) in [7, 11) is 0. The molecule has 0 spiro atoms. The number of phenolic OH excluding ortho intramolecular Hbond substituents is 1. The van der Waals surface area contributed by atoms with Crippen molar-refractivity contribution >= 4 is 23.2 Å². The summed E-state index contributed by atoms with van der Waals surface area (Å²) in [6, 6.07) is 2.82. The van der Waals surface area contributed by atoms with Gasteiger partial charge in [-0.1, -0.05) is 40.2 Å². The Morgan fingerprint density at radius 3 is 2.81 bits per heavy atom. The average Bonchev–Trinajstić information content (AvgIpc) is 2.25. The van der Waals surface area contributed by atoms with Gasteiger partial charge in [0.15, 0.2) is 0 Å². The lowest BCUT2D eigenvalue weighted by Gasteiger charge is -1.99. The number of halogens is 2. The second kappa shape index (κ2) is 6.14. The van der Waals surface area contributed by atoms with Crippen molar-refractivity contribution in [2.45, 2.75) is 6.42 Å². The van der Waals surface area contributed by atoms with E-state index in [1.807, 2.05) is 0 Å². The van der Waals surface area contributed by atoms with Crippen LogP contribution in [0.15, 0.2) is 17.2 Å². The normalized spacial score (nSPS) is 8.88. The Balaban J connectivity index is 2.80. The minimum absolute atomic E-state index is 0.0775. The third-order valence-corrected chi connectivity index (χ3v) is 2.28. The average molecular weight is 256 g/mol. The van der Waals surface area contributed by atoms with Crippen LogP contribution in [-0.4, -0.2) is 11.7 Å². The van der Waals surface area contributed by atoms with Crippen molar-refractivity contribution in [1.82, 2.24) is 0 Å². The van der Waals surface area contributed by atoms with E-state index >= 15 is 0 Å². The molecule has 0 saturated heterocycles. The van der Waals surface area contributed by atoms with E-state index < -0.39 is 0 Å². The number of aromatic hydroxyl groups is 1. The topological polar surface area (TPSA) is 69.0 Å². The highest BCUT2D eigenvalue weighted by molar-refractivity contribution is 6.35. The molecule has 0 bridgehead atoms. The molecule has 0 radical (unpaired) electrons. The minimum Gasteiger partial charge on any atom is -0.506 e. The molecule has 1 N–H and O–H groups in total. The Morgan fingerprint density at radius 2 is 2.12 bits per heavy atom. The molecular weight excluding hydrogens is 249 g/mol. The highest BCUT2D eigenvalue weighted by Gasteiger charge is 2.03. The third-order valence-electron chi connectivity index (χ3n) is 1.66. The lowest BCUT2D eigenvalue weighted by atomic mass is 10.2. The molecule has 1 aromatic carbocycles. The summed E-state index contributed by atoms with van der Waals surface area (Å²) in [5.41, 5.74) is 8.57. The predicted molar refractivity (Wildman–Crippen MR) is 63.6 cm³/mol. The van der Waals surface area contributed by atoms with Crippen molar-refractivity contribution in [2.24, 2.45) is 5.11 Å². The number of rotatable bonds is 2. The Bertz CT molecular complexity index is 499. The molecule has 6 heteroatoms. The molecule has 1 aromatic rings. The molecular formula is C10H7Cl2N3O. The van der Waals surface area contributed by atoms with Crippen LogP contribution in [0.25, 0.3) is 10.4 Å². The van der Waals surface area contributed by atoms with Crippen LogP contribution in [0.3, 0.4) is 0 Å². The van der Waals surface area contributed by atoms with E-state index in [2.05, 4.69) is 21.9 Å². The second-order valence-electron chi connectivity index (χ2n) is 2.79. The Morgan fingerprint density at radius 1 is 1.38 bits per heavy atom. The molecule has 0 unspecified atom stereocenters. The highest BCUT2D eigenvalue weighted by Crippen LogP contribution is 2.29. The lowest BCUT2D eigenvalue weighted by Crippen LogP contribution is -1.80. The van der Waals surface area contributed by atoms with E-state index in [4.69, 9.17) is 28.7 Å². The third kappa shape index (κ3) is 3.56. The first-order chi connectivity index (χ1) is 7.65. The number of hydrogen-bond donors (Lipinski definition) is 1. The summed E-state index contributed by atoms with van der Waals surface area (Å²) in [4.78, 5) is 2.60. The van der Waals surface area contributed by atoms with Gasteiger partial charge >= 0.3 is 0 Å². The molecule has 4 nitrogen and oxygen atoms in total. The Hall–Kier alpha value is -1.53. The largest absolute Gasteiger partial charge is 0.506 e. The van der Waals surface area contributed by atoms with Crippen LogP contribution >= 0.6 is 23.2 Å². The van der Waals surface area contributed by atoms with Gasteiger partial charge in [-0.05, 0) is 11.6 Å². The number of hydrogen-bond acceptors (Lipinski definition) is 2. The first-order valence-corrected chi connectivity index (χ1v) is 5.08. The van der Waals surface area contributed by atoms with Crippen molar-refractivity contribution in [3.05, 3.63) is 38.2 Å². The molecule has 0 aliphatic rings. The molecule has 82 valence electrons. The van der Waals surface area contributed by atoms with Gasteiger partial charge in [0.05, 0.1) is 10.0 Å². The molecule has 0 saturated carbocycles. The zero-order chi connectivity index (χ0) is 12.0. The summed E-state index contributed by atoms with van der Waals surface area (Å²) in [5.74, 6) is 5.49. The van der Waals surface area contributed by atoms with Gasteiger partial charge in [-0.3, -0.25) is 0 Å². The van der Waals surface area contributed by atoms with Crippen molar-refractivity contribution in [3.63, 3.8) is 0 Å². The molecule has 0 aliphatic carbocycles. The second-order valence-corrected chi connectivity index (χ2v) is 3.60. The van der Waals surface area contributed by atoms with E-state index in [0.29, 0.717) is 23.6 Å². The highest BCUT2D eigenvalue weighted by atomic mass is 35.5.